The van der Waals surface area contributed by atoms with Crippen molar-refractivity contribution in [2.24, 2.45) is 5.73 Å². The lowest BCUT2D eigenvalue weighted by Crippen LogP contribution is -2.32. The molecule has 172 valence electrons. The molecule has 0 bridgehead atoms. The van der Waals surface area contributed by atoms with Crippen LogP contribution in [0.5, 0.6) is 11.5 Å². The average Bonchev–Trinajstić information content (AvgIpc) is 2.96. The highest BCUT2D eigenvalue weighted by Gasteiger charge is 2.21. The minimum Gasteiger partial charge on any atom is -0.504 e. The lowest BCUT2D eigenvalue weighted by molar-refractivity contribution is 0.171. The third kappa shape index (κ3) is 5.91. The summed E-state index contributed by atoms with van der Waals surface area (Å²) in [5.74, 6) is -0.390. The summed E-state index contributed by atoms with van der Waals surface area (Å²) in [6.45, 7) is 4.39. The van der Waals surface area contributed by atoms with Gasteiger partial charge in [0.15, 0.2) is 11.5 Å². The van der Waals surface area contributed by atoms with Crippen LogP contribution >= 0.6 is 0 Å². The molecule has 0 spiro atoms. The highest BCUT2D eigenvalue weighted by atomic mass is 16.3. The quantitative estimate of drug-likeness (QED) is 0.377. The van der Waals surface area contributed by atoms with Crippen LogP contribution in [0.4, 0.5) is 16.2 Å². The molecule has 0 aliphatic carbocycles. The molecule has 0 radical (unpaired) electrons. The molecule has 3 aromatic carbocycles. The van der Waals surface area contributed by atoms with Gasteiger partial charge < -0.3 is 26.4 Å². The van der Waals surface area contributed by atoms with Gasteiger partial charge in [0.25, 0.3) is 0 Å². The molecule has 4 rings (SSSR count). The molecule has 7 nitrogen and oxygen atoms in total. The van der Waals surface area contributed by atoms with Crippen LogP contribution < -0.4 is 16.0 Å². The molecular weight excluding hydrogens is 418 g/mol. The molecule has 3 aromatic rings. The summed E-state index contributed by atoms with van der Waals surface area (Å²) >= 11 is 0. The van der Waals surface area contributed by atoms with Gasteiger partial charge in [-0.3, -0.25) is 4.90 Å². The van der Waals surface area contributed by atoms with Crippen LogP contribution in [-0.2, 0) is 0 Å². The van der Waals surface area contributed by atoms with Gasteiger partial charge in [0.05, 0.1) is 17.5 Å². The van der Waals surface area contributed by atoms with Crippen molar-refractivity contribution in [2.45, 2.75) is 26.0 Å². The molecule has 1 unspecified atom stereocenters. The van der Waals surface area contributed by atoms with Crippen molar-refractivity contribution in [3.8, 4) is 11.5 Å². The van der Waals surface area contributed by atoms with Crippen molar-refractivity contribution in [1.82, 2.24) is 5.32 Å². The summed E-state index contributed by atoms with van der Waals surface area (Å²) in [6, 6.07) is 19.5. The number of rotatable bonds is 4. The summed E-state index contributed by atoms with van der Waals surface area (Å²) in [7, 11) is 0. The van der Waals surface area contributed by atoms with Crippen molar-refractivity contribution in [1.29, 1.82) is 0 Å². The SMILES string of the molecule is CC(C)NCC(O)c1ccc(O)c(O)c1.NC(=O)N1c2ccccc2C=Cc2ccccc21. The Labute approximate surface area is 193 Å². The number of urea groups is 1. The normalized spacial score (nSPS) is 12.8. The van der Waals surface area contributed by atoms with E-state index in [0.717, 1.165) is 22.5 Å². The van der Waals surface area contributed by atoms with E-state index >= 15 is 0 Å². The minimum atomic E-state index is -0.682. The highest BCUT2D eigenvalue weighted by Crippen LogP contribution is 2.35. The molecule has 0 saturated heterocycles. The zero-order valence-corrected chi connectivity index (χ0v) is 18.6. The van der Waals surface area contributed by atoms with Crippen LogP contribution in [0, 0.1) is 0 Å². The van der Waals surface area contributed by atoms with Gasteiger partial charge in [0, 0.05) is 12.6 Å². The molecule has 1 aliphatic heterocycles. The number of phenolic OH excluding ortho intramolecular Hbond substituents is 2. The first-order valence-corrected chi connectivity index (χ1v) is 10.7. The topological polar surface area (TPSA) is 119 Å². The number of hydrogen-bond acceptors (Lipinski definition) is 5. The number of carbonyl (C=O) groups excluding carboxylic acids is 1. The van der Waals surface area contributed by atoms with Crippen molar-refractivity contribution in [2.75, 3.05) is 11.4 Å². The maximum Gasteiger partial charge on any atom is 0.323 e. The number of fused-ring (bicyclic) bond motifs is 2. The van der Waals surface area contributed by atoms with E-state index in [9.17, 15) is 15.0 Å². The third-order valence-corrected chi connectivity index (χ3v) is 5.12. The van der Waals surface area contributed by atoms with E-state index in [-0.39, 0.29) is 11.5 Å². The van der Waals surface area contributed by atoms with Crippen molar-refractivity contribution in [3.63, 3.8) is 0 Å². The first-order chi connectivity index (χ1) is 15.8. The number of amides is 2. The fourth-order valence-electron chi connectivity index (χ4n) is 3.42. The number of aliphatic hydroxyl groups excluding tert-OH is 1. The Morgan fingerprint density at radius 2 is 1.45 bits per heavy atom. The predicted octanol–water partition coefficient (Wildman–Crippen LogP) is 4.52. The Kier molecular flexibility index (Phi) is 7.71. The second-order valence-corrected chi connectivity index (χ2v) is 7.95. The van der Waals surface area contributed by atoms with Gasteiger partial charge in [-0.15, -0.1) is 0 Å². The number of aliphatic hydroxyl groups is 1. The van der Waals surface area contributed by atoms with Crippen LogP contribution in [0.15, 0.2) is 66.7 Å². The molecule has 0 fully saturated rings. The summed E-state index contributed by atoms with van der Waals surface area (Å²) in [5, 5.41) is 31.2. The van der Waals surface area contributed by atoms with Crippen molar-refractivity contribution >= 4 is 29.6 Å². The Balaban J connectivity index is 0.000000190. The Morgan fingerprint density at radius 3 is 1.94 bits per heavy atom. The number of nitrogens with two attached hydrogens (primary N) is 1. The van der Waals surface area contributed by atoms with E-state index in [1.165, 1.54) is 12.1 Å². The summed E-state index contributed by atoms with van der Waals surface area (Å²) in [4.78, 5) is 13.3. The molecule has 1 atom stereocenters. The largest absolute Gasteiger partial charge is 0.504 e. The number of primary amides is 1. The summed E-state index contributed by atoms with van der Waals surface area (Å²) in [6.07, 6.45) is 3.31. The summed E-state index contributed by atoms with van der Waals surface area (Å²) < 4.78 is 0. The number of phenols is 2. The molecule has 0 aromatic heterocycles. The van der Waals surface area contributed by atoms with Gasteiger partial charge in [-0.05, 0) is 41.0 Å². The molecule has 2 amide bonds. The van der Waals surface area contributed by atoms with Gasteiger partial charge in [-0.25, -0.2) is 4.79 Å². The first kappa shape index (κ1) is 23.8. The van der Waals surface area contributed by atoms with Gasteiger partial charge >= 0.3 is 6.03 Å². The summed E-state index contributed by atoms with van der Waals surface area (Å²) in [5.41, 5.74) is 9.69. The van der Waals surface area contributed by atoms with E-state index in [1.807, 2.05) is 74.5 Å². The second kappa shape index (κ2) is 10.7. The molecule has 33 heavy (non-hydrogen) atoms. The monoisotopic (exact) mass is 447 g/mol. The fourth-order valence-corrected chi connectivity index (χ4v) is 3.42. The maximum absolute atomic E-state index is 11.8. The van der Waals surface area contributed by atoms with Crippen LogP contribution in [0.3, 0.4) is 0 Å². The smallest absolute Gasteiger partial charge is 0.323 e. The number of hydrogen-bond donors (Lipinski definition) is 5. The van der Waals surface area contributed by atoms with E-state index in [1.54, 1.807) is 11.0 Å². The van der Waals surface area contributed by atoms with Crippen LogP contribution in [0.25, 0.3) is 12.2 Å². The van der Waals surface area contributed by atoms with Gasteiger partial charge in [0.1, 0.15) is 0 Å². The van der Waals surface area contributed by atoms with Crippen LogP contribution in [0.2, 0.25) is 0 Å². The number of benzene rings is 3. The molecule has 6 N–H and O–H groups in total. The number of carbonyl (C=O) groups is 1. The molecule has 1 heterocycles. The van der Waals surface area contributed by atoms with E-state index < -0.39 is 12.1 Å². The van der Waals surface area contributed by atoms with Crippen molar-refractivity contribution in [3.05, 3.63) is 83.4 Å². The zero-order chi connectivity index (χ0) is 24.0. The van der Waals surface area contributed by atoms with Crippen LogP contribution in [0.1, 0.15) is 36.6 Å². The molecule has 0 saturated carbocycles. The number of aromatic hydroxyl groups is 2. The third-order valence-electron chi connectivity index (χ3n) is 5.12. The molecular formula is C26H29N3O4. The number of anilines is 2. The Morgan fingerprint density at radius 1 is 0.909 bits per heavy atom. The van der Waals surface area contributed by atoms with Crippen LogP contribution in [-0.4, -0.2) is 33.9 Å². The fraction of sp³-hybridized carbons (Fsp3) is 0.192. The van der Waals surface area contributed by atoms with E-state index in [2.05, 4.69) is 5.32 Å². The lowest BCUT2D eigenvalue weighted by atomic mass is 10.1. The molecule has 1 aliphatic rings. The Bertz CT molecular complexity index is 1090. The zero-order valence-electron chi connectivity index (χ0n) is 18.6. The average molecular weight is 448 g/mol. The van der Waals surface area contributed by atoms with E-state index in [4.69, 9.17) is 10.8 Å². The van der Waals surface area contributed by atoms with Crippen molar-refractivity contribution < 1.29 is 20.1 Å². The van der Waals surface area contributed by atoms with Gasteiger partial charge in [-0.2, -0.15) is 0 Å². The lowest BCUT2D eigenvalue weighted by Gasteiger charge is -2.22. The van der Waals surface area contributed by atoms with E-state index in [0.29, 0.717) is 18.2 Å². The standard InChI is InChI=1S/C15H12N2O.C11H17NO3/c16-15(18)17-13-7-3-1-5-11(13)9-10-12-6-2-4-8-14(12)17;1-7(2)12-6-11(15)8-3-4-9(13)10(14)5-8/h1-10H,(H2,16,18);3-5,7,11-15H,6H2,1-2H3. The predicted molar refractivity (Wildman–Crippen MR) is 131 cm³/mol. The number of nitrogens with zero attached hydrogens (tertiary/aromatic N) is 1. The Hall–Kier alpha value is -3.81. The highest BCUT2D eigenvalue weighted by molar-refractivity contribution is 6.04. The number of nitrogens with one attached hydrogen (secondary N) is 1. The minimum absolute atomic E-state index is 0.178. The van der Waals surface area contributed by atoms with Gasteiger partial charge in [0.2, 0.25) is 0 Å². The number of para-hydroxylation sites is 2. The first-order valence-electron chi connectivity index (χ1n) is 10.7. The maximum atomic E-state index is 11.8. The molecule has 7 heteroatoms. The second-order valence-electron chi connectivity index (χ2n) is 7.95. The van der Waals surface area contributed by atoms with Gasteiger partial charge in [-0.1, -0.05) is 68.5 Å².